The second kappa shape index (κ2) is 18.2. The number of fused-ring (bicyclic) bond motifs is 2. The van der Waals surface area contributed by atoms with Crippen molar-refractivity contribution in [1.29, 1.82) is 0 Å². The van der Waals surface area contributed by atoms with Crippen LogP contribution in [-0.2, 0) is 16.1 Å². The van der Waals surface area contributed by atoms with Crippen LogP contribution >= 0.6 is 11.3 Å². The minimum atomic E-state index is -0.966. The van der Waals surface area contributed by atoms with Crippen LogP contribution < -0.4 is 30.7 Å². The van der Waals surface area contributed by atoms with Crippen molar-refractivity contribution in [2.75, 3.05) is 37.9 Å². The summed E-state index contributed by atoms with van der Waals surface area (Å²) in [5.41, 5.74) is 5.80. The Hall–Kier alpha value is -5.86. The Kier molecular flexibility index (Phi) is 12.6. The van der Waals surface area contributed by atoms with E-state index in [9.17, 15) is 19.2 Å². The van der Waals surface area contributed by atoms with Gasteiger partial charge in [0.05, 0.1) is 36.9 Å². The number of nitrogens with one attached hydrogen (secondary N) is 4. The average molecular weight is 804 g/mol. The van der Waals surface area contributed by atoms with Crippen LogP contribution in [-0.4, -0.2) is 71.8 Å². The van der Waals surface area contributed by atoms with E-state index in [4.69, 9.17) is 14.5 Å². The zero-order valence-electron chi connectivity index (χ0n) is 33.3. The van der Waals surface area contributed by atoms with Crippen LogP contribution in [0.5, 0.6) is 11.5 Å². The number of hydrogen-bond donors (Lipinski definition) is 4. The molecule has 1 fully saturated rings. The highest BCUT2D eigenvalue weighted by atomic mass is 32.1. The van der Waals surface area contributed by atoms with Crippen molar-refractivity contribution in [1.82, 2.24) is 25.5 Å². The molecule has 0 aliphatic carbocycles. The zero-order valence-corrected chi connectivity index (χ0v) is 34.1. The molecule has 2 aliphatic rings. The van der Waals surface area contributed by atoms with Crippen LogP contribution in [0.15, 0.2) is 66.0 Å². The predicted octanol–water partition coefficient (Wildman–Crippen LogP) is 7.41. The average Bonchev–Trinajstić information content (AvgIpc) is 3.81. The van der Waals surface area contributed by atoms with Gasteiger partial charge >= 0.3 is 0 Å². The molecule has 1 saturated heterocycles. The molecule has 2 atom stereocenters. The number of thiophene rings is 1. The standard InChI is InChI=1S/C44H49N7O6S/c1-26(47-41-34-22-37(56-3)38(57-4)23-35(34)48-27(2)49-41)39-20-29(25-58-39)31-13-9-8-12-28(31)24-45-18-10-6-5-7-11-19-46-30-14-15-32-33(21-30)44(55)51(43(32)54)36-16-17-40(52)50-42(36)53/h8-9,12-15,20-23,25-26,36,45-46H,5-7,10-11,16-19,24H2,1-4H3,(H,47,48,49)(H,50,52,53). The van der Waals surface area contributed by atoms with Gasteiger partial charge in [0.25, 0.3) is 11.8 Å². The van der Waals surface area contributed by atoms with Crippen molar-refractivity contribution in [3.8, 4) is 22.6 Å². The van der Waals surface area contributed by atoms with Crippen LogP contribution in [0, 0.1) is 6.92 Å². The molecular weight excluding hydrogens is 755 g/mol. The molecule has 13 nitrogen and oxygen atoms in total. The lowest BCUT2D eigenvalue weighted by Crippen LogP contribution is -2.54. The van der Waals surface area contributed by atoms with Crippen molar-refractivity contribution >= 4 is 57.4 Å². The number of piperidine rings is 1. The lowest BCUT2D eigenvalue weighted by Gasteiger charge is -2.27. The first-order chi connectivity index (χ1) is 28.1. The lowest BCUT2D eigenvalue weighted by molar-refractivity contribution is -0.136. The maximum atomic E-state index is 13.1. The van der Waals surface area contributed by atoms with Crippen molar-refractivity contribution in [3.63, 3.8) is 0 Å². The number of aromatic nitrogens is 2. The summed E-state index contributed by atoms with van der Waals surface area (Å²) in [6, 6.07) is 18.8. The van der Waals surface area contributed by atoms with Gasteiger partial charge in [0.1, 0.15) is 17.7 Å². The highest BCUT2D eigenvalue weighted by Gasteiger charge is 2.44. The number of nitrogens with zero attached hydrogens (tertiary/aromatic N) is 3. The Morgan fingerprint density at radius 1 is 0.862 bits per heavy atom. The minimum absolute atomic E-state index is 0.0157. The number of anilines is 2. The number of ether oxygens (including phenoxy) is 2. The molecule has 3 aromatic carbocycles. The van der Waals surface area contributed by atoms with E-state index >= 15 is 0 Å². The molecule has 58 heavy (non-hydrogen) atoms. The van der Waals surface area contributed by atoms with E-state index in [-0.39, 0.29) is 30.0 Å². The molecule has 4 heterocycles. The Balaban J connectivity index is 0.834. The molecule has 4 amide bonds. The normalized spacial score (nSPS) is 15.7. The number of amides is 4. The summed E-state index contributed by atoms with van der Waals surface area (Å²) in [5.74, 6) is 0.692. The number of carbonyl (C=O) groups is 4. The fourth-order valence-corrected chi connectivity index (χ4v) is 8.49. The topological polar surface area (TPSA) is 164 Å². The Morgan fingerprint density at radius 2 is 1.60 bits per heavy atom. The van der Waals surface area contributed by atoms with Gasteiger partial charge in [0.2, 0.25) is 11.8 Å². The molecular formula is C44H49N7O6S. The number of rotatable bonds is 18. The predicted molar refractivity (Wildman–Crippen MR) is 226 cm³/mol. The highest BCUT2D eigenvalue weighted by Crippen LogP contribution is 2.37. The quantitative estimate of drug-likeness (QED) is 0.0515. The van der Waals surface area contributed by atoms with Gasteiger partial charge in [-0.3, -0.25) is 29.4 Å². The van der Waals surface area contributed by atoms with E-state index in [0.29, 0.717) is 17.3 Å². The second-order valence-corrected chi connectivity index (χ2v) is 15.6. The van der Waals surface area contributed by atoms with E-state index in [2.05, 4.69) is 68.9 Å². The summed E-state index contributed by atoms with van der Waals surface area (Å²) in [7, 11) is 3.24. The molecule has 0 saturated carbocycles. The van der Waals surface area contributed by atoms with Gasteiger partial charge in [-0.15, -0.1) is 11.3 Å². The largest absolute Gasteiger partial charge is 0.493 e. The fourth-order valence-electron chi connectivity index (χ4n) is 7.58. The maximum absolute atomic E-state index is 13.1. The molecule has 0 radical (unpaired) electrons. The third-order valence-corrected chi connectivity index (χ3v) is 11.8. The third kappa shape index (κ3) is 8.82. The van der Waals surface area contributed by atoms with Crippen LogP contribution in [0.4, 0.5) is 11.5 Å². The van der Waals surface area contributed by atoms with Gasteiger partial charge in [-0.1, -0.05) is 43.5 Å². The summed E-state index contributed by atoms with van der Waals surface area (Å²) < 4.78 is 11.0. The SMILES string of the molecule is COc1cc2nc(C)nc(NC(C)c3cc(-c4ccccc4CNCCCCCCCNc4ccc5c(c4)C(=O)N(C4CCC(=O)NC4=O)C5=O)cs3)c2cc1OC. The van der Waals surface area contributed by atoms with Gasteiger partial charge < -0.3 is 25.4 Å². The van der Waals surface area contributed by atoms with Gasteiger partial charge in [0, 0.05) is 41.5 Å². The van der Waals surface area contributed by atoms with Crippen molar-refractivity contribution in [2.45, 2.75) is 77.4 Å². The molecule has 7 rings (SSSR count). The molecule has 2 aromatic heterocycles. The molecule has 0 bridgehead atoms. The van der Waals surface area contributed by atoms with Crippen molar-refractivity contribution < 1.29 is 28.7 Å². The molecule has 5 aromatic rings. The Bertz CT molecular complexity index is 2340. The van der Waals surface area contributed by atoms with Gasteiger partial charge in [-0.25, -0.2) is 9.97 Å². The number of carbonyl (C=O) groups excluding carboxylic acids is 4. The first-order valence-electron chi connectivity index (χ1n) is 19.8. The summed E-state index contributed by atoms with van der Waals surface area (Å²) >= 11 is 1.73. The number of aryl methyl sites for hydroxylation is 1. The van der Waals surface area contributed by atoms with E-state index in [1.54, 1.807) is 43.8 Å². The molecule has 2 unspecified atom stereocenters. The number of imide groups is 2. The summed E-state index contributed by atoms with van der Waals surface area (Å²) in [6.07, 6.45) is 5.61. The van der Waals surface area contributed by atoms with Gasteiger partial charge in [-0.2, -0.15) is 0 Å². The molecule has 2 aliphatic heterocycles. The molecule has 302 valence electrons. The monoisotopic (exact) mass is 803 g/mol. The van der Waals surface area contributed by atoms with Crippen molar-refractivity contribution in [2.24, 2.45) is 0 Å². The Labute approximate surface area is 341 Å². The van der Waals surface area contributed by atoms with Crippen LogP contribution in [0.1, 0.15) is 94.9 Å². The number of benzene rings is 3. The van der Waals surface area contributed by atoms with Crippen molar-refractivity contribution in [3.05, 3.63) is 93.4 Å². The maximum Gasteiger partial charge on any atom is 0.262 e. The first kappa shape index (κ1) is 40.3. The summed E-state index contributed by atoms with van der Waals surface area (Å²) in [4.78, 5) is 61.5. The van der Waals surface area contributed by atoms with Crippen LogP contribution in [0.3, 0.4) is 0 Å². The second-order valence-electron chi connectivity index (χ2n) is 14.7. The Morgan fingerprint density at radius 3 is 2.40 bits per heavy atom. The number of methoxy groups -OCH3 is 2. The van der Waals surface area contributed by atoms with E-state index in [0.717, 1.165) is 79.0 Å². The first-order valence-corrected chi connectivity index (χ1v) is 20.7. The van der Waals surface area contributed by atoms with Gasteiger partial charge in [-0.05, 0) is 92.1 Å². The number of unbranched alkanes of at least 4 members (excludes halogenated alkanes) is 4. The molecule has 14 heteroatoms. The minimum Gasteiger partial charge on any atom is -0.493 e. The molecule has 4 N–H and O–H groups in total. The molecule has 0 spiro atoms. The zero-order chi connectivity index (χ0) is 40.8. The van der Waals surface area contributed by atoms with Gasteiger partial charge in [0.15, 0.2) is 11.5 Å². The summed E-state index contributed by atoms with van der Waals surface area (Å²) in [6.45, 7) is 6.50. The summed E-state index contributed by atoms with van der Waals surface area (Å²) in [5, 5.41) is 16.0. The lowest BCUT2D eigenvalue weighted by atomic mass is 10.0. The number of hydrogen-bond acceptors (Lipinski definition) is 12. The third-order valence-electron chi connectivity index (χ3n) is 10.7. The van der Waals surface area contributed by atoms with E-state index in [1.165, 1.54) is 21.6 Å². The van der Waals surface area contributed by atoms with Crippen LogP contribution in [0.2, 0.25) is 0 Å². The highest BCUT2D eigenvalue weighted by molar-refractivity contribution is 7.10. The fraction of sp³-hybridized carbons (Fsp3) is 0.364. The van der Waals surface area contributed by atoms with E-state index in [1.807, 2.05) is 19.1 Å². The van der Waals surface area contributed by atoms with Crippen LogP contribution in [0.25, 0.3) is 22.0 Å². The van der Waals surface area contributed by atoms with E-state index < -0.39 is 29.7 Å². The smallest absolute Gasteiger partial charge is 0.262 e.